The SMILES string of the molecule is COc1ccccc1C1SC(=NC2CC3C=CC2C3)NC1=O. The van der Waals surface area contributed by atoms with Gasteiger partial charge in [0.2, 0.25) is 5.91 Å². The predicted octanol–water partition coefficient (Wildman–Crippen LogP) is 2.92. The summed E-state index contributed by atoms with van der Waals surface area (Å²) in [5.74, 6) is 1.98. The van der Waals surface area contributed by atoms with Crippen LogP contribution in [0.3, 0.4) is 0 Å². The van der Waals surface area contributed by atoms with Crippen LogP contribution < -0.4 is 10.1 Å². The molecule has 3 aliphatic rings. The van der Waals surface area contributed by atoms with Crippen LogP contribution in [0, 0.1) is 11.8 Å². The van der Waals surface area contributed by atoms with Crippen molar-refractivity contribution in [2.24, 2.45) is 16.8 Å². The highest BCUT2D eigenvalue weighted by Crippen LogP contribution is 2.43. The number of thioether (sulfide) groups is 1. The molecule has 1 saturated heterocycles. The molecule has 1 heterocycles. The summed E-state index contributed by atoms with van der Waals surface area (Å²) < 4.78 is 5.37. The third-order valence-corrected chi connectivity index (χ3v) is 5.78. The van der Waals surface area contributed by atoms with E-state index in [1.165, 1.54) is 18.2 Å². The first-order chi connectivity index (χ1) is 10.7. The van der Waals surface area contributed by atoms with Gasteiger partial charge in [-0.1, -0.05) is 42.1 Å². The lowest BCUT2D eigenvalue weighted by Crippen LogP contribution is -2.24. The molecule has 22 heavy (non-hydrogen) atoms. The van der Waals surface area contributed by atoms with E-state index >= 15 is 0 Å². The molecular weight excluding hydrogens is 296 g/mol. The highest BCUT2D eigenvalue weighted by atomic mass is 32.2. The number of para-hydroxylation sites is 1. The molecule has 1 amide bonds. The van der Waals surface area contributed by atoms with E-state index in [1.807, 2.05) is 24.3 Å². The second kappa shape index (κ2) is 5.47. The first-order valence-electron chi connectivity index (χ1n) is 7.61. The Morgan fingerprint density at radius 3 is 2.86 bits per heavy atom. The highest BCUT2D eigenvalue weighted by molar-refractivity contribution is 8.15. The maximum absolute atomic E-state index is 12.3. The first-order valence-corrected chi connectivity index (χ1v) is 8.49. The number of amidine groups is 1. The number of ether oxygens (including phenoxy) is 1. The number of hydrogen-bond donors (Lipinski definition) is 1. The number of nitrogens with zero attached hydrogens (tertiary/aromatic N) is 1. The third kappa shape index (κ3) is 2.33. The maximum Gasteiger partial charge on any atom is 0.244 e. The van der Waals surface area contributed by atoms with Crippen molar-refractivity contribution in [3.63, 3.8) is 0 Å². The van der Waals surface area contributed by atoms with Crippen LogP contribution in [0.4, 0.5) is 0 Å². The number of allylic oxidation sites excluding steroid dienone is 1. The van der Waals surface area contributed by atoms with Crippen LogP contribution in [0.25, 0.3) is 0 Å². The summed E-state index contributed by atoms with van der Waals surface area (Å²) in [6, 6.07) is 8.00. The highest BCUT2D eigenvalue weighted by Gasteiger charge is 2.38. The first kappa shape index (κ1) is 13.9. The number of benzene rings is 1. The zero-order valence-electron chi connectivity index (χ0n) is 12.4. The van der Waals surface area contributed by atoms with Crippen LogP contribution in [0.1, 0.15) is 23.7 Å². The van der Waals surface area contributed by atoms with E-state index in [0.717, 1.165) is 22.9 Å². The van der Waals surface area contributed by atoms with E-state index in [-0.39, 0.29) is 11.2 Å². The fourth-order valence-corrected chi connectivity index (χ4v) is 4.63. The number of methoxy groups -OCH3 is 1. The van der Waals surface area contributed by atoms with Crippen molar-refractivity contribution in [3.05, 3.63) is 42.0 Å². The van der Waals surface area contributed by atoms with Crippen molar-refractivity contribution < 1.29 is 9.53 Å². The summed E-state index contributed by atoms with van der Waals surface area (Å²) in [6.45, 7) is 0. The largest absolute Gasteiger partial charge is 0.496 e. The number of carbonyl (C=O) groups is 1. The average Bonchev–Trinajstić information content (AvgIpc) is 3.23. The third-order valence-electron chi connectivity index (χ3n) is 4.65. The monoisotopic (exact) mass is 314 g/mol. The fourth-order valence-electron chi connectivity index (χ4n) is 3.57. The van der Waals surface area contributed by atoms with E-state index in [4.69, 9.17) is 9.73 Å². The summed E-state index contributed by atoms with van der Waals surface area (Å²) in [4.78, 5) is 17.1. The van der Waals surface area contributed by atoms with Gasteiger partial charge in [-0.25, -0.2) is 0 Å². The zero-order chi connectivity index (χ0) is 15.1. The van der Waals surface area contributed by atoms with Gasteiger partial charge in [-0.05, 0) is 30.7 Å². The Labute approximate surface area is 134 Å². The smallest absolute Gasteiger partial charge is 0.244 e. The Bertz CT molecular complexity index is 670. The lowest BCUT2D eigenvalue weighted by molar-refractivity contribution is -0.118. The standard InChI is InChI=1S/C17H18N2O2S/c1-21-14-5-3-2-4-12(14)15-16(20)19-17(22-15)18-13-9-10-6-7-11(13)8-10/h2-7,10-11,13,15H,8-9H2,1H3,(H,18,19,20). The molecule has 114 valence electrons. The quantitative estimate of drug-likeness (QED) is 0.873. The minimum atomic E-state index is -0.274. The molecule has 0 spiro atoms. The zero-order valence-corrected chi connectivity index (χ0v) is 13.2. The van der Waals surface area contributed by atoms with Gasteiger partial charge in [0.1, 0.15) is 11.0 Å². The van der Waals surface area contributed by atoms with E-state index in [1.54, 1.807) is 7.11 Å². The van der Waals surface area contributed by atoms with Gasteiger partial charge in [-0.3, -0.25) is 9.79 Å². The number of hydrogen-bond acceptors (Lipinski definition) is 4. The van der Waals surface area contributed by atoms with E-state index in [9.17, 15) is 4.79 Å². The minimum absolute atomic E-state index is 0.00746. The van der Waals surface area contributed by atoms with Crippen molar-refractivity contribution >= 4 is 22.8 Å². The van der Waals surface area contributed by atoms with Crippen molar-refractivity contribution in [2.45, 2.75) is 24.1 Å². The molecular formula is C17H18N2O2S. The lowest BCUT2D eigenvalue weighted by Gasteiger charge is -2.13. The molecule has 2 bridgehead atoms. The number of fused-ring (bicyclic) bond motifs is 2. The van der Waals surface area contributed by atoms with Crippen molar-refractivity contribution in [3.8, 4) is 5.75 Å². The molecule has 2 aliphatic carbocycles. The van der Waals surface area contributed by atoms with E-state index < -0.39 is 0 Å². The van der Waals surface area contributed by atoms with Crippen LogP contribution in [0.5, 0.6) is 5.75 Å². The fraction of sp³-hybridized carbons (Fsp3) is 0.412. The summed E-state index contributed by atoms with van der Waals surface area (Å²) in [5.41, 5.74) is 0.908. The second-order valence-corrected chi connectivity index (χ2v) is 7.10. The molecule has 1 saturated carbocycles. The maximum atomic E-state index is 12.3. The molecule has 1 aromatic carbocycles. The molecule has 4 unspecified atom stereocenters. The molecule has 4 nitrogen and oxygen atoms in total. The Hall–Kier alpha value is -1.75. The van der Waals surface area contributed by atoms with Crippen LogP contribution >= 0.6 is 11.8 Å². The van der Waals surface area contributed by atoms with Crippen LogP contribution in [-0.4, -0.2) is 24.2 Å². The van der Waals surface area contributed by atoms with Crippen molar-refractivity contribution in [1.29, 1.82) is 0 Å². The number of rotatable bonds is 3. The molecule has 0 aromatic heterocycles. The van der Waals surface area contributed by atoms with Gasteiger partial charge in [0, 0.05) is 5.56 Å². The minimum Gasteiger partial charge on any atom is -0.496 e. The molecule has 1 aliphatic heterocycles. The summed E-state index contributed by atoms with van der Waals surface area (Å²) >= 11 is 1.50. The van der Waals surface area contributed by atoms with Gasteiger partial charge in [-0.15, -0.1) is 0 Å². The van der Waals surface area contributed by atoms with Gasteiger partial charge in [0.15, 0.2) is 5.17 Å². The normalized spacial score (nSPS) is 34.4. The lowest BCUT2D eigenvalue weighted by atomic mass is 10.0. The Morgan fingerprint density at radius 2 is 2.14 bits per heavy atom. The molecule has 0 radical (unpaired) electrons. The summed E-state index contributed by atoms with van der Waals surface area (Å²) in [6.07, 6.45) is 6.91. The number of carbonyl (C=O) groups excluding carboxylic acids is 1. The predicted molar refractivity (Wildman–Crippen MR) is 88.0 cm³/mol. The van der Waals surface area contributed by atoms with Gasteiger partial charge in [0.25, 0.3) is 0 Å². The van der Waals surface area contributed by atoms with Gasteiger partial charge in [0.05, 0.1) is 13.2 Å². The Kier molecular flexibility index (Phi) is 3.45. The molecule has 5 heteroatoms. The van der Waals surface area contributed by atoms with Crippen LogP contribution in [0.2, 0.25) is 0 Å². The Morgan fingerprint density at radius 1 is 1.27 bits per heavy atom. The molecule has 4 atom stereocenters. The average molecular weight is 314 g/mol. The number of aliphatic imine (C=N–C) groups is 1. The topological polar surface area (TPSA) is 50.7 Å². The second-order valence-electron chi connectivity index (χ2n) is 6.01. The van der Waals surface area contributed by atoms with Gasteiger partial charge < -0.3 is 10.1 Å². The van der Waals surface area contributed by atoms with Gasteiger partial charge >= 0.3 is 0 Å². The van der Waals surface area contributed by atoms with Gasteiger partial charge in [-0.2, -0.15) is 0 Å². The van der Waals surface area contributed by atoms with Crippen molar-refractivity contribution in [2.75, 3.05) is 7.11 Å². The number of amides is 1. The molecule has 1 N–H and O–H groups in total. The van der Waals surface area contributed by atoms with Crippen LogP contribution in [-0.2, 0) is 4.79 Å². The van der Waals surface area contributed by atoms with E-state index in [2.05, 4.69) is 17.5 Å². The molecule has 4 rings (SSSR count). The molecule has 2 fully saturated rings. The van der Waals surface area contributed by atoms with Crippen LogP contribution in [0.15, 0.2) is 41.4 Å². The molecule has 1 aromatic rings. The summed E-state index contributed by atoms with van der Waals surface area (Å²) in [7, 11) is 1.63. The Balaban J connectivity index is 1.55. The number of nitrogens with one attached hydrogen (secondary N) is 1. The van der Waals surface area contributed by atoms with E-state index in [0.29, 0.717) is 17.9 Å². The summed E-state index contributed by atoms with van der Waals surface area (Å²) in [5, 5.41) is 3.42. The van der Waals surface area contributed by atoms with Crippen molar-refractivity contribution in [1.82, 2.24) is 5.32 Å².